The zero-order valence-corrected chi connectivity index (χ0v) is 23.7. The fraction of sp³-hybridized carbons (Fsp3) is 0.207. The Labute approximate surface area is 235 Å². The smallest absolute Gasteiger partial charge is 0.255 e. The van der Waals surface area contributed by atoms with Crippen molar-refractivity contribution in [1.29, 1.82) is 0 Å². The van der Waals surface area contributed by atoms with Gasteiger partial charge in [-0.15, -0.1) is 23.1 Å². The summed E-state index contributed by atoms with van der Waals surface area (Å²) < 4.78 is 16.0. The van der Waals surface area contributed by atoms with Gasteiger partial charge in [-0.25, -0.2) is 4.98 Å². The Kier molecular flexibility index (Phi) is 9.45. The van der Waals surface area contributed by atoms with Gasteiger partial charge < -0.3 is 24.8 Å². The molecule has 0 saturated carbocycles. The number of hydrogen-bond donors (Lipinski definition) is 2. The highest BCUT2D eigenvalue weighted by Gasteiger charge is 2.17. The second-order valence-corrected chi connectivity index (χ2v) is 10.6. The third kappa shape index (κ3) is 7.30. The molecule has 0 spiro atoms. The number of methoxy groups -OCH3 is 2. The maximum absolute atomic E-state index is 12.9. The molecule has 1 heterocycles. The molecule has 0 saturated heterocycles. The molecule has 8 nitrogen and oxygen atoms in total. The average Bonchev–Trinajstić information content (AvgIpc) is 3.41. The largest absolute Gasteiger partial charge is 0.494 e. The number of amides is 2. The molecular weight excluding hydrogens is 534 g/mol. The zero-order valence-electron chi connectivity index (χ0n) is 22.0. The van der Waals surface area contributed by atoms with Crippen LogP contribution in [0.2, 0.25) is 0 Å². The van der Waals surface area contributed by atoms with E-state index >= 15 is 0 Å². The molecule has 1 atom stereocenters. The van der Waals surface area contributed by atoms with Crippen molar-refractivity contribution in [3.8, 4) is 28.5 Å². The Balaban J connectivity index is 1.35. The van der Waals surface area contributed by atoms with Gasteiger partial charge in [0.1, 0.15) is 5.75 Å². The number of anilines is 2. The topological polar surface area (TPSA) is 98.8 Å². The van der Waals surface area contributed by atoms with Gasteiger partial charge in [-0.3, -0.25) is 9.59 Å². The normalized spacial score (nSPS) is 11.4. The molecule has 1 unspecified atom stereocenters. The molecular formula is C29H29N3O5S2. The highest BCUT2D eigenvalue weighted by Crippen LogP contribution is 2.31. The lowest BCUT2D eigenvalue weighted by Crippen LogP contribution is -2.22. The fourth-order valence-electron chi connectivity index (χ4n) is 3.64. The first kappa shape index (κ1) is 28.0. The van der Waals surface area contributed by atoms with Gasteiger partial charge in [-0.2, -0.15) is 0 Å². The number of benzene rings is 3. The van der Waals surface area contributed by atoms with E-state index in [9.17, 15) is 9.59 Å². The molecule has 3 aromatic carbocycles. The van der Waals surface area contributed by atoms with Crippen LogP contribution < -0.4 is 24.8 Å². The number of nitrogens with zero attached hydrogens (tertiary/aromatic N) is 1. The van der Waals surface area contributed by atoms with E-state index in [0.717, 1.165) is 21.9 Å². The van der Waals surface area contributed by atoms with E-state index in [1.165, 1.54) is 30.2 Å². The standard InChI is InChI=1S/C29H29N3O5S2/c1-5-37-22-12-9-19(10-13-22)24-17-38-29(31-24)32-27(33)18(2)39-23-8-6-7-21(16-23)30-28(34)20-11-14-25(35-3)26(15-20)36-4/h6-18H,5H2,1-4H3,(H,30,34)(H,31,32,33). The summed E-state index contributed by atoms with van der Waals surface area (Å²) in [7, 11) is 3.06. The summed E-state index contributed by atoms with van der Waals surface area (Å²) in [4.78, 5) is 31.1. The highest BCUT2D eigenvalue weighted by atomic mass is 32.2. The lowest BCUT2D eigenvalue weighted by atomic mass is 10.2. The minimum atomic E-state index is -0.389. The minimum Gasteiger partial charge on any atom is -0.494 e. The number of hydrogen-bond acceptors (Lipinski definition) is 8. The first-order valence-corrected chi connectivity index (χ1v) is 14.0. The predicted octanol–water partition coefficient (Wildman–Crippen LogP) is 6.60. The Morgan fingerprint density at radius 3 is 2.46 bits per heavy atom. The van der Waals surface area contributed by atoms with Crippen molar-refractivity contribution in [2.24, 2.45) is 0 Å². The van der Waals surface area contributed by atoms with E-state index < -0.39 is 0 Å². The van der Waals surface area contributed by atoms with Gasteiger partial charge in [0.15, 0.2) is 16.6 Å². The summed E-state index contributed by atoms with van der Waals surface area (Å²) in [6.45, 7) is 4.38. The molecule has 0 aliphatic rings. The van der Waals surface area contributed by atoms with Crippen LogP contribution in [0.4, 0.5) is 10.8 Å². The molecule has 202 valence electrons. The minimum absolute atomic E-state index is 0.160. The summed E-state index contributed by atoms with van der Waals surface area (Å²) in [5.74, 6) is 1.38. The Bertz CT molecular complexity index is 1440. The van der Waals surface area contributed by atoms with Gasteiger partial charge in [0, 0.05) is 27.1 Å². The molecule has 10 heteroatoms. The van der Waals surface area contributed by atoms with Crippen molar-refractivity contribution in [3.63, 3.8) is 0 Å². The van der Waals surface area contributed by atoms with E-state index in [1.54, 1.807) is 31.4 Å². The van der Waals surface area contributed by atoms with Crippen molar-refractivity contribution < 1.29 is 23.8 Å². The lowest BCUT2D eigenvalue weighted by Gasteiger charge is -2.12. The van der Waals surface area contributed by atoms with Crippen LogP contribution in [0.5, 0.6) is 17.2 Å². The van der Waals surface area contributed by atoms with E-state index in [1.807, 2.05) is 61.7 Å². The van der Waals surface area contributed by atoms with Gasteiger partial charge in [-0.05, 0) is 74.5 Å². The number of carbonyl (C=O) groups is 2. The summed E-state index contributed by atoms with van der Waals surface area (Å²) in [6, 6.07) is 20.0. The highest BCUT2D eigenvalue weighted by molar-refractivity contribution is 8.00. The number of ether oxygens (including phenoxy) is 3. The molecule has 0 aliphatic carbocycles. The Morgan fingerprint density at radius 1 is 0.974 bits per heavy atom. The van der Waals surface area contributed by atoms with Crippen LogP contribution in [0.3, 0.4) is 0 Å². The van der Waals surface area contributed by atoms with E-state index in [0.29, 0.717) is 34.5 Å². The van der Waals surface area contributed by atoms with Crippen LogP contribution in [0.25, 0.3) is 11.3 Å². The van der Waals surface area contributed by atoms with Crippen molar-refractivity contribution in [2.45, 2.75) is 24.0 Å². The molecule has 0 radical (unpaired) electrons. The Morgan fingerprint density at radius 2 is 1.74 bits per heavy atom. The van der Waals surface area contributed by atoms with Crippen LogP contribution in [0, 0.1) is 0 Å². The van der Waals surface area contributed by atoms with Crippen LogP contribution in [-0.4, -0.2) is 42.9 Å². The molecule has 2 N–H and O–H groups in total. The summed E-state index contributed by atoms with van der Waals surface area (Å²) >= 11 is 2.77. The first-order valence-electron chi connectivity index (χ1n) is 12.2. The van der Waals surface area contributed by atoms with Gasteiger partial charge in [-0.1, -0.05) is 6.07 Å². The maximum atomic E-state index is 12.9. The van der Waals surface area contributed by atoms with Crippen molar-refractivity contribution >= 4 is 45.7 Å². The molecule has 0 fully saturated rings. The van der Waals surface area contributed by atoms with E-state index in [2.05, 4.69) is 15.6 Å². The number of carbonyl (C=O) groups excluding carboxylic acids is 2. The molecule has 4 rings (SSSR count). The van der Waals surface area contributed by atoms with Crippen LogP contribution >= 0.6 is 23.1 Å². The third-order valence-electron chi connectivity index (χ3n) is 5.62. The van der Waals surface area contributed by atoms with Crippen molar-refractivity contribution in [3.05, 3.63) is 77.7 Å². The quantitative estimate of drug-likeness (QED) is 0.198. The van der Waals surface area contributed by atoms with Gasteiger partial charge in [0.05, 0.1) is 31.8 Å². The third-order valence-corrected chi connectivity index (χ3v) is 7.47. The average molecular weight is 564 g/mol. The summed E-state index contributed by atoms with van der Waals surface area (Å²) in [5.41, 5.74) is 2.79. The second kappa shape index (κ2) is 13.2. The number of thioether (sulfide) groups is 1. The molecule has 1 aromatic heterocycles. The number of thiazole rings is 1. The predicted molar refractivity (Wildman–Crippen MR) is 157 cm³/mol. The maximum Gasteiger partial charge on any atom is 0.255 e. The van der Waals surface area contributed by atoms with Crippen LogP contribution in [0.1, 0.15) is 24.2 Å². The monoisotopic (exact) mass is 563 g/mol. The number of rotatable bonds is 11. The summed E-state index contributed by atoms with van der Waals surface area (Å²) in [5, 5.41) is 7.85. The Hall–Kier alpha value is -4.02. The zero-order chi connectivity index (χ0) is 27.8. The lowest BCUT2D eigenvalue weighted by molar-refractivity contribution is -0.115. The van der Waals surface area contributed by atoms with Crippen molar-refractivity contribution in [1.82, 2.24) is 4.98 Å². The molecule has 0 aliphatic heterocycles. The molecule has 39 heavy (non-hydrogen) atoms. The molecule has 0 bridgehead atoms. The SMILES string of the molecule is CCOc1ccc(-c2csc(NC(=O)C(C)Sc3cccc(NC(=O)c4ccc(OC)c(OC)c4)c3)n2)cc1. The van der Waals surface area contributed by atoms with Gasteiger partial charge in [0.25, 0.3) is 5.91 Å². The van der Waals surface area contributed by atoms with Gasteiger partial charge >= 0.3 is 0 Å². The van der Waals surface area contributed by atoms with Crippen molar-refractivity contribution in [2.75, 3.05) is 31.5 Å². The first-order chi connectivity index (χ1) is 18.9. The van der Waals surface area contributed by atoms with Crippen LogP contribution in [0.15, 0.2) is 77.0 Å². The van der Waals surface area contributed by atoms with Crippen LogP contribution in [-0.2, 0) is 4.79 Å². The van der Waals surface area contributed by atoms with E-state index in [4.69, 9.17) is 14.2 Å². The fourth-order valence-corrected chi connectivity index (χ4v) is 5.29. The van der Waals surface area contributed by atoms with Gasteiger partial charge in [0.2, 0.25) is 5.91 Å². The second-order valence-electron chi connectivity index (χ2n) is 8.30. The van der Waals surface area contributed by atoms with E-state index in [-0.39, 0.29) is 17.1 Å². The number of aromatic nitrogens is 1. The molecule has 2 amide bonds. The summed E-state index contributed by atoms with van der Waals surface area (Å²) in [6.07, 6.45) is 0. The number of nitrogens with one attached hydrogen (secondary N) is 2. The molecule has 4 aromatic rings.